The fourth-order valence-electron chi connectivity index (χ4n) is 3.57. The highest BCUT2D eigenvalue weighted by Gasteiger charge is 2.12. The second kappa shape index (κ2) is 16.2. The summed E-state index contributed by atoms with van der Waals surface area (Å²) in [6, 6.07) is 17.2. The lowest BCUT2D eigenvalue weighted by molar-refractivity contribution is -0.136. The van der Waals surface area contributed by atoms with Gasteiger partial charge in [-0.2, -0.15) is 20.5 Å². The topological polar surface area (TPSA) is 288 Å². The standard InChI is InChI=1S/C17H15N3O6.C14H10N2O6/c21-14-6-5-12(9-13(14)17(25)26)20-19-11-3-1-10(2-4-11)16(24)18-8-7-15(22)23;17-11-3-1-7(5-9(11)13(19)20)15-16-8-2-4-12(18)10(6-8)14(21)22/h1-6,9,21H,7-8H2,(H,18,24)(H,22,23)(H,25,26);1-6,17-18H,(H,19,20)(H,21,22)/b20-19+;16-15+. The van der Waals surface area contributed by atoms with Gasteiger partial charge in [-0.05, 0) is 78.9 Å². The van der Waals surface area contributed by atoms with E-state index in [4.69, 9.17) is 20.4 Å². The summed E-state index contributed by atoms with van der Waals surface area (Å²) in [7, 11) is 0. The smallest absolute Gasteiger partial charge is 0.339 e. The van der Waals surface area contributed by atoms with Crippen molar-refractivity contribution in [2.45, 2.75) is 6.42 Å². The minimum atomic E-state index is -1.31. The van der Waals surface area contributed by atoms with E-state index >= 15 is 0 Å². The van der Waals surface area contributed by atoms with Gasteiger partial charge in [0.05, 0.1) is 29.2 Å². The van der Waals surface area contributed by atoms with Crippen molar-refractivity contribution in [1.29, 1.82) is 0 Å². The van der Waals surface area contributed by atoms with Crippen LogP contribution in [-0.2, 0) is 4.79 Å². The third-order valence-corrected chi connectivity index (χ3v) is 5.95. The van der Waals surface area contributed by atoms with Gasteiger partial charge in [0.15, 0.2) is 0 Å². The average molecular weight is 660 g/mol. The molecule has 0 radical (unpaired) electrons. The summed E-state index contributed by atoms with van der Waals surface area (Å²) in [6.07, 6.45) is -0.164. The number of carboxylic acids is 4. The molecule has 0 saturated carbocycles. The molecule has 0 fully saturated rings. The summed E-state index contributed by atoms with van der Waals surface area (Å²) in [5.41, 5.74) is 0.414. The molecule has 0 aromatic heterocycles. The van der Waals surface area contributed by atoms with Crippen LogP contribution in [0.2, 0.25) is 0 Å². The number of hydrogen-bond acceptors (Lipinski definition) is 12. The van der Waals surface area contributed by atoms with Gasteiger partial charge in [-0.25, -0.2) is 14.4 Å². The molecule has 0 saturated heterocycles. The molecular weight excluding hydrogens is 634 g/mol. The Morgan fingerprint density at radius 1 is 0.500 bits per heavy atom. The van der Waals surface area contributed by atoms with Gasteiger partial charge in [0, 0.05) is 12.1 Å². The summed E-state index contributed by atoms with van der Waals surface area (Å²) in [4.78, 5) is 54.9. The number of benzene rings is 4. The first-order valence-electron chi connectivity index (χ1n) is 13.4. The summed E-state index contributed by atoms with van der Waals surface area (Å²) in [6.45, 7) is 0.0301. The van der Waals surface area contributed by atoms with Crippen LogP contribution in [0.5, 0.6) is 17.2 Å². The maximum Gasteiger partial charge on any atom is 0.339 e. The SMILES string of the molecule is O=C(O)CCNC(=O)c1ccc(/N=N/c2ccc(O)c(C(=O)O)c2)cc1.O=C(O)c1cc(/N=N/c2ccc(O)c(C(=O)O)c2)ccc1O. The van der Waals surface area contributed by atoms with Crippen LogP contribution in [0.3, 0.4) is 0 Å². The quantitative estimate of drug-likeness (QED) is 0.0910. The van der Waals surface area contributed by atoms with Crippen LogP contribution in [-0.4, -0.2) is 72.1 Å². The Hall–Kier alpha value is -7.17. The molecule has 0 aliphatic rings. The zero-order chi connectivity index (χ0) is 35.4. The van der Waals surface area contributed by atoms with Crippen molar-refractivity contribution in [3.63, 3.8) is 0 Å². The van der Waals surface area contributed by atoms with Crippen molar-refractivity contribution in [3.8, 4) is 17.2 Å². The number of aliphatic carboxylic acids is 1. The summed E-state index contributed by atoms with van der Waals surface area (Å²) >= 11 is 0. The van der Waals surface area contributed by atoms with E-state index in [1.807, 2.05) is 0 Å². The maximum absolute atomic E-state index is 11.8. The van der Waals surface area contributed by atoms with Gasteiger partial charge in [0.25, 0.3) is 5.91 Å². The Morgan fingerprint density at radius 3 is 1.17 bits per heavy atom. The number of azo groups is 2. The van der Waals surface area contributed by atoms with E-state index in [0.29, 0.717) is 11.3 Å². The molecule has 0 heterocycles. The first-order valence-corrected chi connectivity index (χ1v) is 13.4. The molecule has 4 aromatic rings. The van der Waals surface area contributed by atoms with Crippen molar-refractivity contribution in [2.75, 3.05) is 6.54 Å². The molecule has 4 rings (SSSR count). The summed E-state index contributed by atoms with van der Waals surface area (Å²) < 4.78 is 0. The molecule has 0 atom stereocenters. The largest absolute Gasteiger partial charge is 0.507 e. The van der Waals surface area contributed by atoms with E-state index in [-0.39, 0.29) is 52.5 Å². The molecule has 246 valence electrons. The Balaban J connectivity index is 0.000000264. The number of amides is 1. The van der Waals surface area contributed by atoms with Crippen LogP contribution >= 0.6 is 0 Å². The van der Waals surface area contributed by atoms with Crippen molar-refractivity contribution >= 4 is 52.5 Å². The van der Waals surface area contributed by atoms with E-state index in [2.05, 4.69) is 25.8 Å². The van der Waals surface area contributed by atoms with Crippen molar-refractivity contribution in [1.82, 2.24) is 5.32 Å². The van der Waals surface area contributed by atoms with Crippen LogP contribution in [0.4, 0.5) is 22.7 Å². The number of aromatic hydroxyl groups is 3. The number of carboxylic acid groups (broad SMARTS) is 4. The summed E-state index contributed by atoms with van der Waals surface area (Å²) in [5.74, 6) is -6.47. The minimum absolute atomic E-state index is 0.0301. The minimum Gasteiger partial charge on any atom is -0.507 e. The molecule has 0 bridgehead atoms. The number of aromatic carboxylic acids is 3. The van der Waals surface area contributed by atoms with E-state index < -0.39 is 41.3 Å². The Morgan fingerprint density at radius 2 is 0.833 bits per heavy atom. The average Bonchev–Trinajstić information content (AvgIpc) is 3.04. The third-order valence-electron chi connectivity index (χ3n) is 5.95. The van der Waals surface area contributed by atoms with E-state index in [9.17, 15) is 39.3 Å². The highest BCUT2D eigenvalue weighted by atomic mass is 16.4. The van der Waals surface area contributed by atoms with Crippen LogP contribution in [0.25, 0.3) is 0 Å². The number of carbonyl (C=O) groups excluding carboxylic acids is 1. The second-order valence-corrected chi connectivity index (χ2v) is 9.37. The molecule has 0 unspecified atom stereocenters. The van der Waals surface area contributed by atoms with Crippen molar-refractivity contribution in [2.24, 2.45) is 20.5 Å². The molecule has 17 nitrogen and oxygen atoms in total. The first-order chi connectivity index (χ1) is 22.7. The van der Waals surface area contributed by atoms with Gasteiger partial charge < -0.3 is 41.1 Å². The third kappa shape index (κ3) is 10.2. The van der Waals surface area contributed by atoms with Crippen LogP contribution in [0.15, 0.2) is 99.3 Å². The highest BCUT2D eigenvalue weighted by molar-refractivity contribution is 5.95. The molecule has 8 N–H and O–H groups in total. The van der Waals surface area contributed by atoms with Crippen LogP contribution in [0, 0.1) is 0 Å². The lowest BCUT2D eigenvalue weighted by Gasteiger charge is -2.03. The Labute approximate surface area is 269 Å². The first kappa shape index (κ1) is 35.3. The lowest BCUT2D eigenvalue weighted by atomic mass is 10.2. The highest BCUT2D eigenvalue weighted by Crippen LogP contribution is 2.28. The molecular formula is C31H25N5O12. The van der Waals surface area contributed by atoms with Crippen molar-refractivity contribution < 1.29 is 59.7 Å². The Bertz CT molecular complexity index is 1860. The fourth-order valence-corrected chi connectivity index (χ4v) is 3.57. The number of rotatable bonds is 11. The molecule has 48 heavy (non-hydrogen) atoms. The molecule has 0 aliphatic carbocycles. The molecule has 17 heteroatoms. The molecule has 0 spiro atoms. The zero-order valence-corrected chi connectivity index (χ0v) is 24.4. The number of carbonyl (C=O) groups is 5. The maximum atomic E-state index is 11.8. The molecule has 1 amide bonds. The van der Waals surface area contributed by atoms with Crippen LogP contribution < -0.4 is 5.32 Å². The van der Waals surface area contributed by atoms with Gasteiger partial charge in [-0.15, -0.1) is 0 Å². The number of hydrogen-bond donors (Lipinski definition) is 8. The summed E-state index contributed by atoms with van der Waals surface area (Å²) in [5, 5.41) is 81.3. The van der Waals surface area contributed by atoms with Gasteiger partial charge >= 0.3 is 23.9 Å². The van der Waals surface area contributed by atoms with Gasteiger partial charge in [-0.1, -0.05) is 0 Å². The van der Waals surface area contributed by atoms with Crippen molar-refractivity contribution in [3.05, 3.63) is 101 Å². The van der Waals surface area contributed by atoms with Gasteiger partial charge in [0.1, 0.15) is 33.9 Å². The van der Waals surface area contributed by atoms with E-state index in [1.165, 1.54) is 54.6 Å². The number of nitrogens with one attached hydrogen (secondary N) is 1. The predicted octanol–water partition coefficient (Wildman–Crippen LogP) is 5.62. The van der Waals surface area contributed by atoms with E-state index in [0.717, 1.165) is 24.3 Å². The molecule has 0 aliphatic heterocycles. The lowest BCUT2D eigenvalue weighted by Crippen LogP contribution is -2.25. The normalized spacial score (nSPS) is 10.7. The number of nitrogens with zero attached hydrogens (tertiary/aromatic N) is 4. The fraction of sp³-hybridized carbons (Fsp3) is 0.0645. The van der Waals surface area contributed by atoms with Crippen LogP contribution in [0.1, 0.15) is 47.9 Å². The molecule has 4 aromatic carbocycles. The monoisotopic (exact) mass is 659 g/mol. The Kier molecular flexibility index (Phi) is 11.9. The second-order valence-electron chi connectivity index (χ2n) is 9.37. The van der Waals surface area contributed by atoms with E-state index in [1.54, 1.807) is 0 Å². The zero-order valence-electron chi connectivity index (χ0n) is 24.4. The number of phenols is 3. The predicted molar refractivity (Wildman–Crippen MR) is 165 cm³/mol. The van der Waals surface area contributed by atoms with Gasteiger partial charge in [-0.3, -0.25) is 9.59 Å². The van der Waals surface area contributed by atoms with Gasteiger partial charge in [0.2, 0.25) is 0 Å².